The Hall–Kier alpha value is -4.37. The fourth-order valence-corrected chi connectivity index (χ4v) is 6.06. The molecule has 40 heavy (non-hydrogen) atoms. The van der Waals surface area contributed by atoms with E-state index in [1.165, 1.54) is 22.3 Å². The van der Waals surface area contributed by atoms with E-state index in [0.29, 0.717) is 35.2 Å². The quantitative estimate of drug-likeness (QED) is 0.146. The third-order valence-electron chi connectivity index (χ3n) is 6.65. The second kappa shape index (κ2) is 11.0. The summed E-state index contributed by atoms with van der Waals surface area (Å²) in [6.07, 6.45) is 0.811. The van der Waals surface area contributed by atoms with Crippen LogP contribution in [0.4, 0.5) is 5.13 Å². The summed E-state index contributed by atoms with van der Waals surface area (Å²) >= 11 is 1.30. The highest BCUT2D eigenvalue weighted by Gasteiger charge is 2.48. The van der Waals surface area contributed by atoms with Crippen LogP contribution in [0.15, 0.2) is 60.2 Å². The molecule has 0 spiro atoms. The second-order valence-corrected chi connectivity index (χ2v) is 10.6. The van der Waals surface area contributed by atoms with Gasteiger partial charge in [0.25, 0.3) is 5.78 Å². The lowest BCUT2D eigenvalue weighted by molar-refractivity contribution is -0.132. The maximum absolute atomic E-state index is 13.6. The van der Waals surface area contributed by atoms with Crippen molar-refractivity contribution in [1.29, 1.82) is 0 Å². The predicted octanol–water partition coefficient (Wildman–Crippen LogP) is 6.43. The first-order chi connectivity index (χ1) is 19.2. The van der Waals surface area contributed by atoms with Crippen LogP contribution in [0.25, 0.3) is 16.0 Å². The van der Waals surface area contributed by atoms with E-state index < -0.39 is 17.7 Å². The van der Waals surface area contributed by atoms with E-state index >= 15 is 0 Å². The largest absolute Gasteiger partial charge is 0.507 e. The van der Waals surface area contributed by atoms with Crippen molar-refractivity contribution in [3.05, 3.63) is 82.4 Å². The van der Waals surface area contributed by atoms with Gasteiger partial charge in [0.15, 0.2) is 16.6 Å². The number of hydrogen-bond donors (Lipinski definition) is 2. The Morgan fingerprint density at radius 2 is 1.85 bits per heavy atom. The van der Waals surface area contributed by atoms with E-state index in [0.717, 1.165) is 27.8 Å². The Labute approximate surface area is 236 Å². The Morgan fingerprint density at radius 1 is 1.05 bits per heavy atom. The summed E-state index contributed by atoms with van der Waals surface area (Å²) in [6, 6.07) is 14.4. The number of aromatic hydroxyl groups is 1. The molecule has 0 bridgehead atoms. The number of ketones is 1. The summed E-state index contributed by atoms with van der Waals surface area (Å²) in [5.41, 5.74) is 3.50. The molecule has 1 aromatic heterocycles. The highest BCUT2D eigenvalue weighted by Crippen LogP contribution is 2.46. The van der Waals surface area contributed by atoms with Gasteiger partial charge in [-0.1, -0.05) is 42.5 Å². The summed E-state index contributed by atoms with van der Waals surface area (Å²) in [6.45, 7) is 8.52. The number of fused-ring (bicyclic) bond motifs is 1. The van der Waals surface area contributed by atoms with Gasteiger partial charge < -0.3 is 19.7 Å². The molecule has 0 radical (unpaired) electrons. The monoisotopic (exact) mass is 558 g/mol. The van der Waals surface area contributed by atoms with Crippen LogP contribution < -0.4 is 14.4 Å². The number of anilines is 1. The molecule has 206 valence electrons. The van der Waals surface area contributed by atoms with Crippen molar-refractivity contribution in [2.45, 2.75) is 40.2 Å². The summed E-state index contributed by atoms with van der Waals surface area (Å²) in [7, 11) is 0. The number of phenolic OH excluding ortho intramolecular Hbond substituents is 1. The molecule has 1 saturated heterocycles. The van der Waals surface area contributed by atoms with Gasteiger partial charge in [0.1, 0.15) is 11.5 Å². The zero-order chi connectivity index (χ0) is 28.6. The molecule has 4 aromatic rings. The summed E-state index contributed by atoms with van der Waals surface area (Å²) < 4.78 is 12.2. The first kappa shape index (κ1) is 27.2. The molecule has 1 aliphatic heterocycles. The second-order valence-electron chi connectivity index (χ2n) is 9.63. The number of aliphatic hydroxyl groups is 1. The first-order valence-corrected chi connectivity index (χ1v) is 13.9. The number of nitrogens with zero attached hydrogens (tertiary/aromatic N) is 2. The number of rotatable bonds is 8. The normalized spacial score (nSPS) is 16.6. The molecule has 9 heteroatoms. The van der Waals surface area contributed by atoms with Gasteiger partial charge in [-0.3, -0.25) is 14.5 Å². The van der Waals surface area contributed by atoms with Crippen molar-refractivity contribution in [1.82, 2.24) is 4.98 Å². The third-order valence-corrected chi connectivity index (χ3v) is 7.65. The molecule has 1 amide bonds. The number of carbonyl (C=O) groups is 2. The van der Waals surface area contributed by atoms with Crippen molar-refractivity contribution in [2.75, 3.05) is 18.1 Å². The van der Waals surface area contributed by atoms with Crippen LogP contribution in [-0.4, -0.2) is 40.1 Å². The Balaban J connectivity index is 1.72. The smallest absolute Gasteiger partial charge is 0.301 e. The lowest BCUT2D eigenvalue weighted by atomic mass is 9.95. The minimum atomic E-state index is -1.01. The summed E-state index contributed by atoms with van der Waals surface area (Å²) in [4.78, 5) is 33.3. The number of aromatic nitrogens is 1. The van der Waals surface area contributed by atoms with Crippen molar-refractivity contribution < 1.29 is 29.3 Å². The molecule has 1 fully saturated rings. The Kier molecular flexibility index (Phi) is 7.49. The third kappa shape index (κ3) is 4.88. The molecule has 8 nitrogen and oxygen atoms in total. The molecule has 1 unspecified atom stereocenters. The fourth-order valence-electron chi connectivity index (χ4n) is 4.89. The van der Waals surface area contributed by atoms with E-state index in [1.807, 2.05) is 32.9 Å². The maximum Gasteiger partial charge on any atom is 0.301 e. The van der Waals surface area contributed by atoms with E-state index in [9.17, 15) is 19.8 Å². The summed E-state index contributed by atoms with van der Waals surface area (Å²) in [5, 5.41) is 22.2. The van der Waals surface area contributed by atoms with Gasteiger partial charge in [-0.05, 0) is 74.2 Å². The number of benzene rings is 3. The number of carbonyl (C=O) groups excluding carboxylic acids is 2. The van der Waals surface area contributed by atoms with E-state index in [-0.39, 0.29) is 22.8 Å². The summed E-state index contributed by atoms with van der Waals surface area (Å²) in [5.74, 6) is -1.29. The molecule has 1 atom stereocenters. The van der Waals surface area contributed by atoms with Crippen LogP contribution in [0.3, 0.4) is 0 Å². The van der Waals surface area contributed by atoms with E-state index in [1.54, 1.807) is 43.3 Å². The van der Waals surface area contributed by atoms with Crippen LogP contribution in [0.1, 0.15) is 48.6 Å². The number of hydrogen-bond acceptors (Lipinski definition) is 8. The van der Waals surface area contributed by atoms with Crippen LogP contribution in [0.5, 0.6) is 17.2 Å². The zero-order valence-electron chi connectivity index (χ0n) is 22.7. The SMILES string of the molecule is CCCOc1cccc(/C(O)=C2\C(=O)C(=O)N(c3nc4c(C)cc(C)cc4s3)C2c2ccc(O)c(OCC)c2)c1. The number of phenols is 1. The molecule has 0 saturated carbocycles. The highest BCUT2D eigenvalue weighted by molar-refractivity contribution is 7.22. The molecule has 1 aliphatic rings. The molecular weight excluding hydrogens is 528 g/mol. The predicted molar refractivity (Wildman–Crippen MR) is 155 cm³/mol. The van der Waals surface area contributed by atoms with Crippen LogP contribution in [0, 0.1) is 13.8 Å². The van der Waals surface area contributed by atoms with Crippen LogP contribution in [0.2, 0.25) is 0 Å². The molecule has 3 aromatic carbocycles. The number of Topliss-reactive ketones (excluding diaryl/α,β-unsaturated/α-hetero) is 1. The average Bonchev–Trinajstić information content (AvgIpc) is 3.47. The highest BCUT2D eigenvalue weighted by atomic mass is 32.1. The van der Waals surface area contributed by atoms with Gasteiger partial charge in [-0.25, -0.2) is 4.98 Å². The number of aliphatic hydroxyl groups excluding tert-OH is 1. The standard InChI is InChI=1S/C31H30N2O6S/c1-5-12-39-21-9-7-8-20(15-21)28(35)25-27(19-10-11-22(34)23(16-19)38-6-2)33(30(37)29(25)36)31-32-26-18(4)13-17(3)14-24(26)40-31/h7-11,13-16,27,34-35H,5-6,12H2,1-4H3/b28-25+. The first-order valence-electron chi connectivity index (χ1n) is 13.1. The number of thiazole rings is 1. The van der Waals surface area contributed by atoms with Crippen molar-refractivity contribution in [3.8, 4) is 17.2 Å². The van der Waals surface area contributed by atoms with Crippen molar-refractivity contribution >= 4 is 44.1 Å². The van der Waals surface area contributed by atoms with Crippen LogP contribution >= 0.6 is 11.3 Å². The zero-order valence-corrected chi connectivity index (χ0v) is 23.5. The molecular formula is C31H30N2O6S. The number of amides is 1. The minimum Gasteiger partial charge on any atom is -0.507 e. The molecule has 2 N–H and O–H groups in total. The van der Waals surface area contributed by atoms with Gasteiger partial charge in [0.2, 0.25) is 0 Å². The van der Waals surface area contributed by atoms with Gasteiger partial charge in [-0.15, -0.1) is 0 Å². The van der Waals surface area contributed by atoms with E-state index in [2.05, 4.69) is 0 Å². The molecule has 5 rings (SSSR count). The average molecular weight is 559 g/mol. The molecule has 2 heterocycles. The van der Waals surface area contributed by atoms with Crippen molar-refractivity contribution in [3.63, 3.8) is 0 Å². The van der Waals surface area contributed by atoms with Gasteiger partial charge in [-0.2, -0.15) is 0 Å². The Morgan fingerprint density at radius 3 is 2.60 bits per heavy atom. The van der Waals surface area contributed by atoms with E-state index in [4.69, 9.17) is 14.5 Å². The topological polar surface area (TPSA) is 109 Å². The molecule has 0 aliphatic carbocycles. The van der Waals surface area contributed by atoms with Gasteiger partial charge >= 0.3 is 5.91 Å². The van der Waals surface area contributed by atoms with Gasteiger partial charge in [0.05, 0.1) is 35.0 Å². The lowest BCUT2D eigenvalue weighted by Crippen LogP contribution is -2.29. The number of aryl methyl sites for hydroxylation is 2. The minimum absolute atomic E-state index is 0.0746. The van der Waals surface area contributed by atoms with Gasteiger partial charge in [0, 0.05) is 5.56 Å². The van der Waals surface area contributed by atoms with Crippen molar-refractivity contribution in [2.24, 2.45) is 0 Å². The number of ether oxygens (including phenoxy) is 2. The van der Waals surface area contributed by atoms with Crippen LogP contribution in [-0.2, 0) is 9.59 Å². The lowest BCUT2D eigenvalue weighted by Gasteiger charge is -2.23. The Bertz CT molecular complexity index is 1660. The fraction of sp³-hybridized carbons (Fsp3) is 0.258. The maximum atomic E-state index is 13.6.